The van der Waals surface area contributed by atoms with Crippen molar-refractivity contribution in [2.24, 2.45) is 5.92 Å². The number of ketones is 1. The van der Waals surface area contributed by atoms with Gasteiger partial charge in [0.25, 0.3) is 0 Å². The van der Waals surface area contributed by atoms with Crippen LogP contribution in [0.4, 0.5) is 0 Å². The second kappa shape index (κ2) is 7.15. The topological polar surface area (TPSA) is 59.2 Å². The number of carbonyl (C=O) groups is 1. The van der Waals surface area contributed by atoms with Crippen LogP contribution < -0.4 is 0 Å². The zero-order chi connectivity index (χ0) is 16.4. The number of likely N-dealkylation sites (tertiary alicyclic amines) is 1. The fourth-order valence-electron chi connectivity index (χ4n) is 3.84. The summed E-state index contributed by atoms with van der Waals surface area (Å²) in [5.41, 5.74) is 0. The molecule has 0 unspecified atom stereocenters. The molecule has 5 nitrogen and oxygen atoms in total. The van der Waals surface area contributed by atoms with Gasteiger partial charge in [-0.3, -0.25) is 9.69 Å². The summed E-state index contributed by atoms with van der Waals surface area (Å²) in [7, 11) is 0. The van der Waals surface area contributed by atoms with Crippen molar-refractivity contribution in [3.05, 3.63) is 23.4 Å². The number of piperidine rings is 1. The summed E-state index contributed by atoms with van der Waals surface area (Å²) < 4.78 is 5.49. The summed E-state index contributed by atoms with van der Waals surface area (Å²) >= 11 is 1.62. The SMILES string of the molecule is O=C(CN1CCC(c2nc(-c3cccs3)no2)CC1)C1CCCC1. The fourth-order valence-corrected chi connectivity index (χ4v) is 4.49. The van der Waals surface area contributed by atoms with Gasteiger partial charge in [-0.1, -0.05) is 24.1 Å². The van der Waals surface area contributed by atoms with Gasteiger partial charge in [-0.05, 0) is 50.2 Å². The zero-order valence-corrected chi connectivity index (χ0v) is 14.6. The number of nitrogens with zero attached hydrogens (tertiary/aromatic N) is 3. The molecule has 2 aromatic rings. The van der Waals surface area contributed by atoms with Crippen molar-refractivity contribution in [1.82, 2.24) is 15.0 Å². The van der Waals surface area contributed by atoms with E-state index in [1.807, 2.05) is 17.5 Å². The Hall–Kier alpha value is -1.53. The van der Waals surface area contributed by atoms with E-state index in [0.717, 1.165) is 49.5 Å². The van der Waals surface area contributed by atoms with E-state index in [9.17, 15) is 4.79 Å². The molecular weight excluding hydrogens is 322 g/mol. The van der Waals surface area contributed by atoms with Crippen LogP contribution in [0.2, 0.25) is 0 Å². The molecule has 1 saturated carbocycles. The number of carbonyl (C=O) groups excluding carboxylic acids is 1. The van der Waals surface area contributed by atoms with Gasteiger partial charge in [-0.15, -0.1) is 11.3 Å². The molecule has 0 radical (unpaired) electrons. The summed E-state index contributed by atoms with van der Waals surface area (Å²) in [6, 6.07) is 4.01. The van der Waals surface area contributed by atoms with Crippen LogP contribution in [0.5, 0.6) is 0 Å². The molecule has 0 bridgehead atoms. The van der Waals surface area contributed by atoms with Crippen molar-refractivity contribution in [1.29, 1.82) is 0 Å². The van der Waals surface area contributed by atoms with Crippen LogP contribution in [0, 0.1) is 5.92 Å². The van der Waals surface area contributed by atoms with Crippen molar-refractivity contribution in [2.45, 2.75) is 44.4 Å². The highest BCUT2D eigenvalue weighted by molar-refractivity contribution is 7.13. The predicted octanol–water partition coefficient (Wildman–Crippen LogP) is 3.74. The number of Topliss-reactive ketones (excluding diaryl/α,β-unsaturated/α-hetero) is 1. The van der Waals surface area contributed by atoms with E-state index in [1.165, 1.54) is 12.8 Å². The molecule has 1 saturated heterocycles. The van der Waals surface area contributed by atoms with Crippen molar-refractivity contribution in [3.63, 3.8) is 0 Å². The Balaban J connectivity index is 1.30. The molecule has 0 aromatic carbocycles. The maximum atomic E-state index is 12.3. The molecule has 6 heteroatoms. The summed E-state index contributed by atoms with van der Waals surface area (Å²) in [4.78, 5) is 20.2. The Bertz CT molecular complexity index is 668. The van der Waals surface area contributed by atoms with Gasteiger partial charge < -0.3 is 4.52 Å². The van der Waals surface area contributed by atoms with Crippen molar-refractivity contribution >= 4 is 17.1 Å². The first-order chi connectivity index (χ1) is 11.8. The highest BCUT2D eigenvalue weighted by Gasteiger charge is 2.29. The van der Waals surface area contributed by atoms with Crippen molar-refractivity contribution < 1.29 is 9.32 Å². The van der Waals surface area contributed by atoms with Gasteiger partial charge in [-0.2, -0.15) is 4.98 Å². The third-order valence-electron chi connectivity index (χ3n) is 5.31. The van der Waals surface area contributed by atoms with Crippen LogP contribution in [-0.2, 0) is 4.79 Å². The Morgan fingerprint density at radius 1 is 1.25 bits per heavy atom. The maximum absolute atomic E-state index is 12.3. The molecule has 1 aliphatic carbocycles. The average molecular weight is 345 g/mol. The Kier molecular flexibility index (Phi) is 4.76. The van der Waals surface area contributed by atoms with Gasteiger partial charge in [0.1, 0.15) is 5.78 Å². The van der Waals surface area contributed by atoms with Gasteiger partial charge in [-0.25, -0.2) is 0 Å². The number of aromatic nitrogens is 2. The van der Waals surface area contributed by atoms with E-state index in [4.69, 9.17) is 4.52 Å². The molecule has 2 fully saturated rings. The normalized spacial score (nSPS) is 20.7. The molecule has 4 rings (SSSR count). The molecule has 2 aliphatic rings. The summed E-state index contributed by atoms with van der Waals surface area (Å²) in [6.45, 7) is 2.52. The first kappa shape index (κ1) is 16.0. The highest BCUT2D eigenvalue weighted by Crippen LogP contribution is 2.30. The standard InChI is InChI=1S/C18H23N3O2S/c22-15(13-4-1-2-5-13)12-21-9-7-14(8-10-21)18-19-17(20-23-18)16-6-3-11-24-16/h3,6,11,13-14H,1-2,4-5,7-10,12H2. The molecule has 0 atom stereocenters. The first-order valence-electron chi connectivity index (χ1n) is 8.92. The van der Waals surface area contributed by atoms with E-state index in [1.54, 1.807) is 11.3 Å². The van der Waals surface area contributed by atoms with Crippen molar-refractivity contribution in [2.75, 3.05) is 19.6 Å². The minimum Gasteiger partial charge on any atom is -0.339 e. The zero-order valence-electron chi connectivity index (χ0n) is 13.8. The third kappa shape index (κ3) is 3.44. The Labute approximate surface area is 146 Å². The molecule has 128 valence electrons. The molecule has 1 aliphatic heterocycles. The molecule has 3 heterocycles. The van der Waals surface area contributed by atoms with E-state index in [-0.39, 0.29) is 0 Å². The van der Waals surface area contributed by atoms with Crippen LogP contribution in [0.25, 0.3) is 10.7 Å². The smallest absolute Gasteiger partial charge is 0.230 e. The lowest BCUT2D eigenvalue weighted by atomic mass is 9.95. The van der Waals surface area contributed by atoms with Crippen LogP contribution in [0.15, 0.2) is 22.0 Å². The quantitative estimate of drug-likeness (QED) is 0.826. The average Bonchev–Trinajstić information content (AvgIpc) is 3.35. The van der Waals surface area contributed by atoms with Gasteiger partial charge in [0.05, 0.1) is 11.4 Å². The molecular formula is C18H23N3O2S. The Morgan fingerprint density at radius 2 is 2.04 bits per heavy atom. The Morgan fingerprint density at radius 3 is 2.75 bits per heavy atom. The monoisotopic (exact) mass is 345 g/mol. The van der Waals surface area contributed by atoms with Crippen LogP contribution in [0.3, 0.4) is 0 Å². The minimum atomic E-state index is 0.323. The van der Waals surface area contributed by atoms with Gasteiger partial charge in [0, 0.05) is 11.8 Å². The predicted molar refractivity (Wildman–Crippen MR) is 93.0 cm³/mol. The van der Waals surface area contributed by atoms with Gasteiger partial charge in [0.15, 0.2) is 0 Å². The van der Waals surface area contributed by atoms with Gasteiger partial charge >= 0.3 is 0 Å². The van der Waals surface area contributed by atoms with E-state index >= 15 is 0 Å². The van der Waals surface area contributed by atoms with Crippen LogP contribution >= 0.6 is 11.3 Å². The second-order valence-electron chi connectivity index (χ2n) is 6.93. The van der Waals surface area contributed by atoms with E-state index < -0.39 is 0 Å². The number of thiophene rings is 1. The minimum absolute atomic E-state index is 0.323. The largest absolute Gasteiger partial charge is 0.339 e. The summed E-state index contributed by atoms with van der Waals surface area (Å²) in [5.74, 6) is 2.54. The summed E-state index contributed by atoms with van der Waals surface area (Å²) in [5, 5.41) is 6.13. The second-order valence-corrected chi connectivity index (χ2v) is 7.88. The number of rotatable bonds is 5. The first-order valence-corrected chi connectivity index (χ1v) is 9.80. The lowest BCUT2D eigenvalue weighted by molar-refractivity contribution is -0.124. The highest BCUT2D eigenvalue weighted by atomic mass is 32.1. The third-order valence-corrected chi connectivity index (χ3v) is 6.18. The maximum Gasteiger partial charge on any atom is 0.230 e. The number of hydrogen-bond acceptors (Lipinski definition) is 6. The summed E-state index contributed by atoms with van der Waals surface area (Å²) in [6.07, 6.45) is 6.63. The molecule has 2 aromatic heterocycles. The fraction of sp³-hybridized carbons (Fsp3) is 0.611. The number of hydrogen-bond donors (Lipinski definition) is 0. The lowest BCUT2D eigenvalue weighted by Crippen LogP contribution is -2.38. The van der Waals surface area contributed by atoms with Gasteiger partial charge in [0.2, 0.25) is 11.7 Å². The van der Waals surface area contributed by atoms with Crippen LogP contribution in [0.1, 0.15) is 50.3 Å². The van der Waals surface area contributed by atoms with E-state index in [0.29, 0.717) is 30.0 Å². The van der Waals surface area contributed by atoms with E-state index in [2.05, 4.69) is 15.0 Å². The van der Waals surface area contributed by atoms with Crippen LogP contribution in [-0.4, -0.2) is 40.5 Å². The molecule has 24 heavy (non-hydrogen) atoms. The molecule has 0 amide bonds. The lowest BCUT2D eigenvalue weighted by Gasteiger charge is -2.30. The molecule has 0 spiro atoms. The molecule has 0 N–H and O–H groups in total. The van der Waals surface area contributed by atoms with Crippen molar-refractivity contribution in [3.8, 4) is 10.7 Å².